The molecule has 0 bridgehead atoms. The van der Waals surface area contributed by atoms with Gasteiger partial charge >= 0.3 is 0 Å². The summed E-state index contributed by atoms with van der Waals surface area (Å²) >= 11 is 1.80. The molecule has 30 heavy (non-hydrogen) atoms. The van der Waals surface area contributed by atoms with E-state index in [0.717, 1.165) is 27.6 Å². The minimum Gasteiger partial charge on any atom is -0.307 e. The normalized spacial score (nSPS) is 12.0. The molecule has 4 aromatic heterocycles. The second kappa shape index (κ2) is 5.88. The van der Waals surface area contributed by atoms with Crippen LogP contribution in [0.5, 0.6) is 0 Å². The van der Waals surface area contributed by atoms with Gasteiger partial charge in [-0.2, -0.15) is 0 Å². The molecule has 0 spiro atoms. The van der Waals surface area contributed by atoms with Crippen LogP contribution in [0.4, 0.5) is 0 Å². The van der Waals surface area contributed by atoms with Gasteiger partial charge in [-0.15, -0.1) is 11.3 Å². The number of nitrogens with zero attached hydrogens (tertiary/aromatic N) is 3. The SMILES string of the molecule is c1ccc(-n2c3ccccc3c3cnc4c(ncc5c6ccccc6sc54)c32)cc1. The fourth-order valence-corrected chi connectivity index (χ4v) is 5.74. The Morgan fingerprint density at radius 2 is 1.30 bits per heavy atom. The summed E-state index contributed by atoms with van der Waals surface area (Å²) in [4.78, 5) is 9.89. The van der Waals surface area contributed by atoms with Crippen molar-refractivity contribution in [3.05, 3.63) is 91.3 Å². The van der Waals surface area contributed by atoms with Crippen LogP contribution in [0.25, 0.3) is 58.7 Å². The Morgan fingerprint density at radius 1 is 0.600 bits per heavy atom. The highest BCUT2D eigenvalue weighted by atomic mass is 32.1. The maximum atomic E-state index is 4.96. The Balaban J connectivity index is 1.73. The summed E-state index contributed by atoms with van der Waals surface area (Å²) in [6.07, 6.45) is 4.04. The molecule has 0 amide bonds. The maximum absolute atomic E-state index is 4.96. The van der Waals surface area contributed by atoms with Crippen molar-refractivity contribution >= 4 is 64.3 Å². The molecule has 3 nitrogen and oxygen atoms in total. The summed E-state index contributed by atoms with van der Waals surface area (Å²) in [6.45, 7) is 0. The zero-order chi connectivity index (χ0) is 19.7. The summed E-state index contributed by atoms with van der Waals surface area (Å²) in [5, 5.41) is 4.76. The molecule has 7 rings (SSSR count). The topological polar surface area (TPSA) is 30.7 Å². The first-order chi connectivity index (χ1) is 14.9. The van der Waals surface area contributed by atoms with E-state index in [0.29, 0.717) is 0 Å². The zero-order valence-electron chi connectivity index (χ0n) is 15.9. The summed E-state index contributed by atoms with van der Waals surface area (Å²) in [5.41, 5.74) is 5.35. The average molecular weight is 401 g/mol. The smallest absolute Gasteiger partial charge is 0.115 e. The number of benzene rings is 3. The first-order valence-corrected chi connectivity index (χ1v) is 10.8. The van der Waals surface area contributed by atoms with Gasteiger partial charge in [-0.1, -0.05) is 54.6 Å². The van der Waals surface area contributed by atoms with Gasteiger partial charge in [0.1, 0.15) is 11.0 Å². The maximum Gasteiger partial charge on any atom is 0.115 e. The largest absolute Gasteiger partial charge is 0.307 e. The van der Waals surface area contributed by atoms with Crippen LogP contribution in [-0.2, 0) is 0 Å². The van der Waals surface area contributed by atoms with Crippen molar-refractivity contribution in [1.29, 1.82) is 0 Å². The fraction of sp³-hybridized carbons (Fsp3) is 0. The monoisotopic (exact) mass is 401 g/mol. The fourth-order valence-electron chi connectivity index (χ4n) is 4.56. The van der Waals surface area contributed by atoms with Gasteiger partial charge in [0.25, 0.3) is 0 Å². The van der Waals surface area contributed by atoms with Crippen molar-refractivity contribution in [1.82, 2.24) is 14.5 Å². The molecule has 0 radical (unpaired) electrons. The van der Waals surface area contributed by atoms with E-state index >= 15 is 0 Å². The predicted octanol–water partition coefficient (Wildman–Crippen LogP) is 7.09. The van der Waals surface area contributed by atoms with Crippen LogP contribution in [0.3, 0.4) is 0 Å². The zero-order valence-corrected chi connectivity index (χ0v) is 16.7. The first-order valence-electron chi connectivity index (χ1n) is 9.94. The van der Waals surface area contributed by atoms with Crippen LogP contribution < -0.4 is 0 Å². The molecule has 0 N–H and O–H groups in total. The Labute approximate surface area is 175 Å². The summed E-state index contributed by atoms with van der Waals surface area (Å²) in [5.74, 6) is 0. The van der Waals surface area contributed by atoms with Crippen molar-refractivity contribution < 1.29 is 0 Å². The Bertz CT molecular complexity index is 1740. The highest BCUT2D eigenvalue weighted by molar-refractivity contribution is 7.26. The van der Waals surface area contributed by atoms with E-state index in [1.54, 1.807) is 11.3 Å². The summed E-state index contributed by atoms with van der Waals surface area (Å²) < 4.78 is 4.79. The lowest BCUT2D eigenvalue weighted by Gasteiger charge is -2.09. The lowest BCUT2D eigenvalue weighted by Crippen LogP contribution is -1.95. The Morgan fingerprint density at radius 3 is 2.20 bits per heavy atom. The molecule has 0 aliphatic heterocycles. The lowest BCUT2D eigenvalue weighted by atomic mass is 10.1. The van der Waals surface area contributed by atoms with Gasteiger partial charge in [-0.25, -0.2) is 0 Å². The predicted molar refractivity (Wildman–Crippen MR) is 127 cm³/mol. The number of aromatic nitrogens is 3. The molecule has 7 aromatic rings. The van der Waals surface area contributed by atoms with Crippen molar-refractivity contribution in [2.75, 3.05) is 0 Å². The molecule has 0 saturated carbocycles. The van der Waals surface area contributed by atoms with E-state index in [2.05, 4.69) is 83.4 Å². The van der Waals surface area contributed by atoms with Crippen molar-refractivity contribution in [3.63, 3.8) is 0 Å². The molecule has 140 valence electrons. The van der Waals surface area contributed by atoms with Crippen LogP contribution in [0.15, 0.2) is 91.3 Å². The van der Waals surface area contributed by atoms with E-state index in [4.69, 9.17) is 9.97 Å². The Hall–Kier alpha value is -3.76. The number of thiophene rings is 1. The molecule has 0 unspecified atom stereocenters. The number of hydrogen-bond acceptors (Lipinski definition) is 3. The van der Waals surface area contributed by atoms with Crippen LogP contribution in [-0.4, -0.2) is 14.5 Å². The molecule has 0 fully saturated rings. The minimum absolute atomic E-state index is 0.951. The van der Waals surface area contributed by atoms with E-state index in [1.807, 2.05) is 12.4 Å². The second-order valence-corrected chi connectivity index (χ2v) is 8.56. The van der Waals surface area contributed by atoms with Crippen LogP contribution in [0.1, 0.15) is 0 Å². The van der Waals surface area contributed by atoms with Crippen LogP contribution in [0.2, 0.25) is 0 Å². The highest BCUT2D eigenvalue weighted by Gasteiger charge is 2.18. The number of pyridine rings is 2. The van der Waals surface area contributed by atoms with Crippen molar-refractivity contribution in [3.8, 4) is 5.69 Å². The number of hydrogen-bond donors (Lipinski definition) is 0. The number of rotatable bonds is 1. The van der Waals surface area contributed by atoms with Gasteiger partial charge in [-0.3, -0.25) is 9.97 Å². The van der Waals surface area contributed by atoms with E-state index in [1.165, 1.54) is 31.1 Å². The van der Waals surface area contributed by atoms with Crippen LogP contribution >= 0.6 is 11.3 Å². The lowest BCUT2D eigenvalue weighted by molar-refractivity contribution is 1.18. The van der Waals surface area contributed by atoms with Gasteiger partial charge in [0, 0.05) is 44.3 Å². The molecular weight excluding hydrogens is 386 g/mol. The van der Waals surface area contributed by atoms with Gasteiger partial charge in [0.05, 0.1) is 15.7 Å². The molecule has 0 saturated heterocycles. The number of fused-ring (bicyclic) bond motifs is 9. The average Bonchev–Trinajstić information content (AvgIpc) is 3.36. The summed E-state index contributed by atoms with van der Waals surface area (Å²) in [7, 11) is 0. The second-order valence-electron chi connectivity index (χ2n) is 7.51. The first kappa shape index (κ1) is 16.1. The van der Waals surface area contributed by atoms with Gasteiger partial charge in [-0.05, 0) is 24.3 Å². The highest BCUT2D eigenvalue weighted by Crippen LogP contribution is 2.40. The minimum atomic E-state index is 0.951. The molecule has 0 atom stereocenters. The third-order valence-corrected chi connectivity index (χ3v) is 7.06. The molecule has 0 aliphatic carbocycles. The van der Waals surface area contributed by atoms with E-state index in [9.17, 15) is 0 Å². The number of para-hydroxylation sites is 2. The molecule has 0 aliphatic rings. The van der Waals surface area contributed by atoms with Gasteiger partial charge in [0.2, 0.25) is 0 Å². The molecule has 3 aromatic carbocycles. The third-order valence-electron chi connectivity index (χ3n) is 5.87. The van der Waals surface area contributed by atoms with Gasteiger partial charge in [0.15, 0.2) is 0 Å². The molecular formula is C26H15N3S. The van der Waals surface area contributed by atoms with E-state index < -0.39 is 0 Å². The molecule has 4 heteroatoms. The van der Waals surface area contributed by atoms with Crippen molar-refractivity contribution in [2.45, 2.75) is 0 Å². The molecule has 4 heterocycles. The van der Waals surface area contributed by atoms with Crippen molar-refractivity contribution in [2.24, 2.45) is 0 Å². The third kappa shape index (κ3) is 2.03. The van der Waals surface area contributed by atoms with Crippen LogP contribution in [0, 0.1) is 0 Å². The Kier molecular flexibility index (Phi) is 3.15. The van der Waals surface area contributed by atoms with E-state index in [-0.39, 0.29) is 0 Å². The summed E-state index contributed by atoms with van der Waals surface area (Å²) in [6, 6.07) is 27.5. The quantitative estimate of drug-likeness (QED) is 0.294. The van der Waals surface area contributed by atoms with Gasteiger partial charge < -0.3 is 4.57 Å². The standard InChI is InChI=1S/C26H15N3S/c1-2-8-16(9-3-1)29-21-12-6-4-10-17(21)19-14-28-24-23(25(19)29)27-15-20-18-11-5-7-13-22(18)30-26(20)24/h1-15H.